The van der Waals surface area contributed by atoms with Gasteiger partial charge in [0.1, 0.15) is 11.3 Å². The Labute approximate surface area is 185 Å². The number of carbonyl (C=O) groups is 1. The highest BCUT2D eigenvalue weighted by Crippen LogP contribution is 2.42. The number of carbonyl (C=O) groups excluding carboxylic acids is 1. The number of hydrogen-bond donors (Lipinski definition) is 0. The van der Waals surface area contributed by atoms with Gasteiger partial charge >= 0.3 is 6.09 Å². The molecule has 1 saturated heterocycles. The topological polar surface area (TPSA) is 38.8 Å². The second kappa shape index (κ2) is 10.1. The molecule has 0 unspecified atom stereocenters. The molecule has 1 amide bonds. The molecule has 0 spiro atoms. The van der Waals surface area contributed by atoms with Crippen molar-refractivity contribution in [3.05, 3.63) is 11.6 Å². The first-order valence-electron chi connectivity index (χ1n) is 12.2. The molecule has 30 heavy (non-hydrogen) atoms. The van der Waals surface area contributed by atoms with E-state index < -0.39 is 11.3 Å². The summed E-state index contributed by atoms with van der Waals surface area (Å²) in [6.45, 7) is 18.8. The Balaban J connectivity index is 2.31. The van der Waals surface area contributed by atoms with Crippen LogP contribution in [-0.4, -0.2) is 34.5 Å². The molecule has 1 saturated carbocycles. The average molecular weight is 422 g/mol. The smallest absolute Gasteiger partial charge is 0.412 e. The van der Waals surface area contributed by atoms with Crippen molar-refractivity contribution in [1.82, 2.24) is 4.90 Å². The van der Waals surface area contributed by atoms with Crippen molar-refractivity contribution in [3.8, 4) is 0 Å². The summed E-state index contributed by atoms with van der Waals surface area (Å²) in [7, 11) is 0. The van der Waals surface area contributed by atoms with Crippen molar-refractivity contribution in [2.75, 3.05) is 0 Å². The lowest BCUT2D eigenvalue weighted by atomic mass is 9.81. The summed E-state index contributed by atoms with van der Waals surface area (Å²) in [5.74, 6) is 1.66. The van der Waals surface area contributed by atoms with Crippen LogP contribution in [0.2, 0.25) is 0 Å². The normalized spacial score (nSPS) is 26.0. The third-order valence-corrected chi connectivity index (χ3v) is 6.58. The second-order valence-corrected chi connectivity index (χ2v) is 11.6. The van der Waals surface area contributed by atoms with Crippen molar-refractivity contribution in [2.24, 2.45) is 17.8 Å². The Morgan fingerprint density at radius 3 is 2.27 bits per heavy atom. The molecule has 174 valence electrons. The van der Waals surface area contributed by atoms with E-state index >= 15 is 0 Å². The monoisotopic (exact) mass is 421 g/mol. The maximum Gasteiger partial charge on any atom is 0.412 e. The highest BCUT2D eigenvalue weighted by molar-refractivity contribution is 5.70. The summed E-state index contributed by atoms with van der Waals surface area (Å²) >= 11 is 0. The van der Waals surface area contributed by atoms with Crippen LogP contribution in [0.5, 0.6) is 0 Å². The summed E-state index contributed by atoms with van der Waals surface area (Å²) < 4.78 is 12.4. The van der Waals surface area contributed by atoms with Gasteiger partial charge in [0.05, 0.1) is 12.1 Å². The molecule has 2 rings (SSSR count). The second-order valence-electron chi connectivity index (χ2n) is 11.6. The molecule has 0 radical (unpaired) electrons. The highest BCUT2D eigenvalue weighted by atomic mass is 16.6. The molecular weight excluding hydrogens is 374 g/mol. The van der Waals surface area contributed by atoms with Gasteiger partial charge in [-0.25, -0.2) is 4.79 Å². The van der Waals surface area contributed by atoms with Gasteiger partial charge in [-0.2, -0.15) is 0 Å². The standard InChI is InChI=1S/C26H47NO3/c1-18(2)15-21(19(3)4)17-23-22(16-20-13-11-10-12-14-20)27(26(8,9)29-23)24(28)30-25(5,6)7/h15,19-23H,10-14,16-17H2,1-9H3/t21-,22-,23-/m0/s1. The molecule has 0 aromatic heterocycles. The van der Waals surface area contributed by atoms with Gasteiger partial charge in [0.15, 0.2) is 0 Å². The van der Waals surface area contributed by atoms with E-state index in [1.54, 1.807) is 0 Å². The molecule has 2 aliphatic rings. The van der Waals surface area contributed by atoms with Crippen LogP contribution in [0.25, 0.3) is 0 Å². The first kappa shape index (κ1) is 25.2. The fraction of sp³-hybridized carbons (Fsp3) is 0.885. The molecule has 0 N–H and O–H groups in total. The van der Waals surface area contributed by atoms with Crippen LogP contribution in [-0.2, 0) is 9.47 Å². The lowest BCUT2D eigenvalue weighted by molar-refractivity contribution is -0.0820. The Hall–Kier alpha value is -1.03. The van der Waals surface area contributed by atoms with E-state index in [-0.39, 0.29) is 18.2 Å². The van der Waals surface area contributed by atoms with E-state index in [1.807, 2.05) is 39.5 Å². The lowest BCUT2D eigenvalue weighted by Crippen LogP contribution is -2.51. The van der Waals surface area contributed by atoms with Gasteiger partial charge < -0.3 is 9.47 Å². The van der Waals surface area contributed by atoms with Crippen molar-refractivity contribution in [1.29, 1.82) is 0 Å². The quantitative estimate of drug-likeness (QED) is 0.421. The molecule has 1 aliphatic heterocycles. The molecule has 0 bridgehead atoms. The number of hydrogen-bond acceptors (Lipinski definition) is 3. The maximum absolute atomic E-state index is 13.3. The first-order chi connectivity index (χ1) is 13.8. The number of rotatable bonds is 6. The van der Waals surface area contributed by atoms with Gasteiger partial charge in [0.25, 0.3) is 0 Å². The van der Waals surface area contributed by atoms with Crippen LogP contribution in [0.1, 0.15) is 107 Å². The predicted octanol–water partition coefficient (Wildman–Crippen LogP) is 7.33. The summed E-state index contributed by atoms with van der Waals surface area (Å²) in [4.78, 5) is 15.2. The Kier molecular flexibility index (Phi) is 8.46. The number of ether oxygens (including phenoxy) is 2. The van der Waals surface area contributed by atoms with Gasteiger partial charge in [-0.05, 0) is 79.1 Å². The van der Waals surface area contributed by atoms with Crippen LogP contribution in [0.3, 0.4) is 0 Å². The van der Waals surface area contributed by atoms with Crippen LogP contribution < -0.4 is 0 Å². The molecular formula is C26H47NO3. The van der Waals surface area contributed by atoms with Gasteiger partial charge in [-0.15, -0.1) is 0 Å². The van der Waals surface area contributed by atoms with E-state index in [0.717, 1.165) is 12.8 Å². The third kappa shape index (κ3) is 7.00. The van der Waals surface area contributed by atoms with Gasteiger partial charge in [0.2, 0.25) is 0 Å². The minimum absolute atomic E-state index is 0.0393. The van der Waals surface area contributed by atoms with Crippen molar-refractivity contribution < 1.29 is 14.3 Å². The minimum Gasteiger partial charge on any atom is -0.444 e. The first-order valence-corrected chi connectivity index (χ1v) is 12.2. The summed E-state index contributed by atoms with van der Waals surface area (Å²) in [6.07, 6.45) is 10.7. The average Bonchev–Trinajstić information content (AvgIpc) is 2.82. The fourth-order valence-corrected chi connectivity index (χ4v) is 5.19. The van der Waals surface area contributed by atoms with Crippen molar-refractivity contribution >= 4 is 6.09 Å². The summed E-state index contributed by atoms with van der Waals surface area (Å²) in [5.41, 5.74) is 0.181. The summed E-state index contributed by atoms with van der Waals surface area (Å²) in [5, 5.41) is 0. The van der Waals surface area contributed by atoms with Gasteiger partial charge in [-0.3, -0.25) is 4.90 Å². The molecule has 4 nitrogen and oxygen atoms in total. The molecule has 2 fully saturated rings. The van der Waals surface area contributed by atoms with Crippen molar-refractivity contribution in [2.45, 2.75) is 131 Å². The van der Waals surface area contributed by atoms with Gasteiger partial charge in [-0.1, -0.05) is 57.6 Å². The molecule has 4 heteroatoms. The largest absolute Gasteiger partial charge is 0.444 e. The Bertz CT molecular complexity index is 592. The van der Waals surface area contributed by atoms with E-state index in [9.17, 15) is 4.79 Å². The number of nitrogens with zero attached hydrogens (tertiary/aromatic N) is 1. The molecule has 1 aliphatic carbocycles. The van der Waals surface area contributed by atoms with Crippen LogP contribution in [0.4, 0.5) is 4.79 Å². The van der Waals surface area contributed by atoms with E-state index in [2.05, 4.69) is 33.8 Å². The third-order valence-electron chi connectivity index (χ3n) is 6.58. The zero-order chi connectivity index (χ0) is 22.7. The lowest BCUT2D eigenvalue weighted by Gasteiger charge is -2.37. The van der Waals surface area contributed by atoms with Crippen LogP contribution >= 0.6 is 0 Å². The zero-order valence-corrected chi connectivity index (χ0v) is 21.1. The fourth-order valence-electron chi connectivity index (χ4n) is 5.19. The number of allylic oxidation sites excluding steroid dienone is 2. The maximum atomic E-state index is 13.3. The van der Waals surface area contributed by atoms with Crippen LogP contribution in [0, 0.1) is 17.8 Å². The molecule has 0 aromatic carbocycles. The molecule has 3 atom stereocenters. The van der Waals surface area contributed by atoms with E-state index in [1.165, 1.54) is 37.7 Å². The van der Waals surface area contributed by atoms with Gasteiger partial charge in [0, 0.05) is 0 Å². The Morgan fingerprint density at radius 1 is 1.17 bits per heavy atom. The van der Waals surface area contributed by atoms with E-state index in [4.69, 9.17) is 9.47 Å². The van der Waals surface area contributed by atoms with E-state index in [0.29, 0.717) is 17.8 Å². The molecule has 1 heterocycles. The van der Waals surface area contributed by atoms with Crippen molar-refractivity contribution in [3.63, 3.8) is 0 Å². The number of amides is 1. The minimum atomic E-state index is -0.654. The zero-order valence-electron chi connectivity index (χ0n) is 21.1. The Morgan fingerprint density at radius 2 is 1.77 bits per heavy atom. The molecule has 0 aromatic rings. The van der Waals surface area contributed by atoms with Crippen LogP contribution in [0.15, 0.2) is 11.6 Å². The summed E-state index contributed by atoms with van der Waals surface area (Å²) in [6, 6.07) is 0.0739. The predicted molar refractivity (Wildman–Crippen MR) is 124 cm³/mol. The highest BCUT2D eigenvalue weighted by Gasteiger charge is 2.51. The SMILES string of the molecule is CC(C)=C[C@@H](C[C@@H]1OC(C)(C)N(C(=O)OC(C)(C)C)[C@H]1CC1CCCCC1)C(C)C.